The van der Waals surface area contributed by atoms with Gasteiger partial charge in [-0.3, -0.25) is 0 Å². The van der Waals surface area contributed by atoms with Crippen LogP contribution in [0.2, 0.25) is 26.6 Å². The topological polar surface area (TPSA) is 55.8 Å². The van der Waals surface area contributed by atoms with Crippen molar-refractivity contribution in [1.82, 2.24) is 0 Å². The van der Waals surface area contributed by atoms with Crippen LogP contribution in [0.3, 0.4) is 0 Å². The normalized spacial score (nSPS) is 12.1. The minimum absolute atomic E-state index is 0.416. The van der Waals surface area contributed by atoms with E-state index in [1.165, 1.54) is 111 Å². The zero-order chi connectivity index (χ0) is 29.3. The van der Waals surface area contributed by atoms with Crippen LogP contribution < -0.4 is 16.6 Å². The van der Waals surface area contributed by atoms with Gasteiger partial charge in [-0.15, -0.1) is 0 Å². The van der Waals surface area contributed by atoms with Gasteiger partial charge in [0.15, 0.2) is 0 Å². The zero-order valence-electron chi connectivity index (χ0n) is 27.0. The Morgan fingerprint density at radius 1 is 0.615 bits per heavy atom. The van der Waals surface area contributed by atoms with Gasteiger partial charge in [-0.05, 0) is 0 Å². The Hall–Kier alpha value is -0.113. The van der Waals surface area contributed by atoms with Crippen LogP contribution >= 0.6 is 0 Å². The summed E-state index contributed by atoms with van der Waals surface area (Å²) in [7, 11) is 3.57. The SMILES string of the molecule is CCC[CH2][Sn]([CH2]CCC)([CH2]CCC)[c]1cc(C(=O)O)c(OC)[c]([Sn]([CH2]CCC)([CH2]CCC)[CH2]CCC)c1OC. The molecule has 0 aliphatic heterocycles. The van der Waals surface area contributed by atoms with Crippen LogP contribution in [0.4, 0.5) is 0 Å². The molecular formula is C33H62O4Sn2. The molecule has 0 aliphatic rings. The first-order valence-corrected chi connectivity index (χ1v) is 31.3. The van der Waals surface area contributed by atoms with Gasteiger partial charge in [0.2, 0.25) is 0 Å². The molecule has 0 unspecified atom stereocenters. The van der Waals surface area contributed by atoms with Crippen LogP contribution in [0.15, 0.2) is 6.07 Å². The second-order valence-corrected chi connectivity index (χ2v) is 38.0. The number of benzene rings is 1. The number of carboxylic acids is 1. The van der Waals surface area contributed by atoms with Gasteiger partial charge in [-0.25, -0.2) is 0 Å². The van der Waals surface area contributed by atoms with Crippen LogP contribution in [0.1, 0.15) is 129 Å². The molecule has 0 amide bonds. The zero-order valence-corrected chi connectivity index (χ0v) is 32.7. The molecule has 0 aliphatic carbocycles. The number of ether oxygens (including phenoxy) is 2. The van der Waals surface area contributed by atoms with Crippen molar-refractivity contribution in [2.24, 2.45) is 0 Å². The van der Waals surface area contributed by atoms with Gasteiger partial charge in [-0.2, -0.15) is 0 Å². The van der Waals surface area contributed by atoms with Crippen molar-refractivity contribution >= 4 is 49.9 Å². The van der Waals surface area contributed by atoms with E-state index in [1.807, 2.05) is 7.11 Å². The van der Waals surface area contributed by atoms with Crippen molar-refractivity contribution in [3.63, 3.8) is 0 Å². The van der Waals surface area contributed by atoms with E-state index >= 15 is 0 Å². The molecule has 1 aromatic carbocycles. The molecule has 0 radical (unpaired) electrons. The number of carboxylic acid groups (broad SMARTS) is 1. The Morgan fingerprint density at radius 3 is 1.23 bits per heavy atom. The molecule has 0 atom stereocenters. The molecule has 1 rings (SSSR count). The third-order valence-corrected chi connectivity index (χ3v) is 40.1. The summed E-state index contributed by atoms with van der Waals surface area (Å²) in [5.74, 6) is 0.930. The standard InChI is InChI=1S/C9H8O4.6C4H9.2Sn/c1-12-6-3-4-7(9(10)11)8(5-6)13-2;6*1-3-4-2;;/h4H,1-2H3,(H,10,11);6*1,3-4H2,2H3;;. The molecule has 39 heavy (non-hydrogen) atoms. The van der Waals surface area contributed by atoms with Crippen LogP contribution in [0.5, 0.6) is 11.5 Å². The Labute approximate surface area is 250 Å². The van der Waals surface area contributed by atoms with Crippen molar-refractivity contribution in [2.75, 3.05) is 14.2 Å². The average Bonchev–Trinajstić information content (AvgIpc) is 2.95. The monoisotopic (exact) mass is 762 g/mol. The summed E-state index contributed by atoms with van der Waals surface area (Å²) in [6.07, 6.45) is 14.5. The number of aromatic carboxylic acids is 1. The predicted molar refractivity (Wildman–Crippen MR) is 176 cm³/mol. The van der Waals surface area contributed by atoms with E-state index in [9.17, 15) is 9.90 Å². The molecular weight excluding hydrogens is 698 g/mol. The molecule has 0 bridgehead atoms. The van der Waals surface area contributed by atoms with E-state index in [0.717, 1.165) is 5.75 Å². The van der Waals surface area contributed by atoms with Crippen LogP contribution in [0, 0.1) is 0 Å². The van der Waals surface area contributed by atoms with E-state index in [2.05, 4.69) is 47.6 Å². The fraction of sp³-hybridized carbons (Fsp3) is 0.788. The molecule has 6 heteroatoms. The molecule has 1 N–H and O–H groups in total. The van der Waals surface area contributed by atoms with Gasteiger partial charge in [0, 0.05) is 0 Å². The first-order valence-electron chi connectivity index (χ1n) is 16.3. The average molecular weight is 760 g/mol. The molecule has 226 valence electrons. The maximum absolute atomic E-state index is 12.9. The van der Waals surface area contributed by atoms with E-state index in [-0.39, 0.29) is 0 Å². The number of unbranched alkanes of at least 4 members (excludes halogenated alkanes) is 6. The Bertz CT molecular complexity index is 796. The Morgan fingerprint density at radius 2 is 0.949 bits per heavy atom. The van der Waals surface area contributed by atoms with Crippen molar-refractivity contribution in [3.8, 4) is 11.5 Å². The van der Waals surface area contributed by atoms with Crippen molar-refractivity contribution in [3.05, 3.63) is 11.6 Å². The van der Waals surface area contributed by atoms with E-state index in [4.69, 9.17) is 9.47 Å². The van der Waals surface area contributed by atoms with Gasteiger partial charge in [0.1, 0.15) is 0 Å². The van der Waals surface area contributed by atoms with Gasteiger partial charge in [-0.1, -0.05) is 0 Å². The molecule has 0 aromatic heterocycles. The summed E-state index contributed by atoms with van der Waals surface area (Å²) < 4.78 is 23.1. The third kappa shape index (κ3) is 9.99. The maximum atomic E-state index is 12.9. The molecule has 0 saturated carbocycles. The summed E-state index contributed by atoms with van der Waals surface area (Å²) in [5, 5.41) is 10.6. The van der Waals surface area contributed by atoms with Crippen LogP contribution in [-0.4, -0.2) is 62.0 Å². The fourth-order valence-corrected chi connectivity index (χ4v) is 41.5. The van der Waals surface area contributed by atoms with Crippen LogP contribution in [0.25, 0.3) is 0 Å². The summed E-state index contributed by atoms with van der Waals surface area (Å²) >= 11 is -6.18. The Balaban J connectivity index is 4.31. The summed E-state index contributed by atoms with van der Waals surface area (Å²) in [6, 6.07) is 2.08. The number of rotatable bonds is 23. The third-order valence-electron chi connectivity index (χ3n) is 9.03. The van der Waals surface area contributed by atoms with Gasteiger partial charge < -0.3 is 0 Å². The van der Waals surface area contributed by atoms with E-state index in [1.54, 1.807) is 7.11 Å². The van der Waals surface area contributed by atoms with Gasteiger partial charge in [0.05, 0.1) is 0 Å². The quantitative estimate of drug-likeness (QED) is 0.113. The molecule has 0 spiro atoms. The number of carbonyl (C=O) groups is 1. The number of hydrogen-bond acceptors (Lipinski definition) is 3. The molecule has 0 saturated heterocycles. The Kier molecular flexibility index (Phi) is 18.8. The summed E-state index contributed by atoms with van der Waals surface area (Å²) in [4.78, 5) is 12.9. The van der Waals surface area contributed by atoms with E-state index < -0.39 is 42.7 Å². The van der Waals surface area contributed by atoms with Crippen molar-refractivity contribution in [2.45, 2.75) is 145 Å². The second kappa shape index (κ2) is 19.9. The van der Waals surface area contributed by atoms with Gasteiger partial charge >= 0.3 is 252 Å². The van der Waals surface area contributed by atoms with Gasteiger partial charge in [0.25, 0.3) is 0 Å². The predicted octanol–water partition coefficient (Wildman–Crippen LogP) is 9.51. The molecule has 4 nitrogen and oxygen atoms in total. The molecule has 0 fully saturated rings. The molecule has 0 heterocycles. The first-order chi connectivity index (χ1) is 18.8. The first kappa shape index (κ1) is 36.9. The van der Waals surface area contributed by atoms with E-state index in [0.29, 0.717) is 11.3 Å². The van der Waals surface area contributed by atoms with Crippen molar-refractivity contribution in [1.29, 1.82) is 0 Å². The number of methoxy groups -OCH3 is 2. The second-order valence-electron chi connectivity index (χ2n) is 11.9. The fourth-order valence-electron chi connectivity index (χ4n) is 6.73. The van der Waals surface area contributed by atoms with Crippen molar-refractivity contribution < 1.29 is 19.4 Å². The summed E-state index contributed by atoms with van der Waals surface area (Å²) in [6.45, 7) is 13.8. The minimum atomic E-state index is -3.15. The van der Waals surface area contributed by atoms with Crippen LogP contribution in [-0.2, 0) is 0 Å². The summed E-state index contributed by atoms with van der Waals surface area (Å²) in [5.41, 5.74) is 0.416. The number of hydrogen-bond donors (Lipinski definition) is 1. The molecule has 1 aromatic rings.